The van der Waals surface area contributed by atoms with Crippen LogP contribution in [0.2, 0.25) is 5.02 Å². The van der Waals surface area contributed by atoms with Gasteiger partial charge in [0, 0.05) is 11.6 Å². The number of nitrogens with one attached hydrogen (secondary N) is 1. The minimum Gasteiger partial charge on any atom is -0.377 e. The third-order valence-corrected chi connectivity index (χ3v) is 5.13. The van der Waals surface area contributed by atoms with Crippen molar-refractivity contribution in [2.45, 2.75) is 6.04 Å². The van der Waals surface area contributed by atoms with Gasteiger partial charge in [-0.2, -0.15) is 4.98 Å². The van der Waals surface area contributed by atoms with Crippen molar-refractivity contribution < 1.29 is 18.4 Å². The highest BCUT2D eigenvalue weighted by Gasteiger charge is 2.33. The number of halogens is 2. The maximum absolute atomic E-state index is 14.0. The Hall–Kier alpha value is -2.49. The first-order valence-electron chi connectivity index (χ1n) is 8.10. The highest BCUT2D eigenvalue weighted by Crippen LogP contribution is 2.28. The van der Waals surface area contributed by atoms with E-state index in [1.54, 1.807) is 0 Å². The number of ether oxygens (including phenoxy) is 1. The van der Waals surface area contributed by atoms with Gasteiger partial charge < -0.3 is 19.5 Å². The van der Waals surface area contributed by atoms with Crippen molar-refractivity contribution in [3.63, 3.8) is 0 Å². The number of hydrogen-bond donors (Lipinski definition) is 1. The molecule has 0 radical (unpaired) electrons. The molecule has 0 bridgehead atoms. The van der Waals surface area contributed by atoms with Crippen LogP contribution < -0.4 is 5.32 Å². The van der Waals surface area contributed by atoms with Crippen molar-refractivity contribution in [1.29, 1.82) is 0 Å². The Kier molecular flexibility index (Phi) is 5.06. The molecular formula is C17H14ClFN4O3S. The first-order chi connectivity index (χ1) is 13.1. The van der Waals surface area contributed by atoms with Crippen LogP contribution in [0.15, 0.2) is 40.2 Å². The van der Waals surface area contributed by atoms with Crippen LogP contribution in [-0.2, 0) is 4.74 Å². The molecule has 0 aliphatic carbocycles. The van der Waals surface area contributed by atoms with Crippen molar-refractivity contribution in [2.24, 2.45) is 0 Å². The van der Waals surface area contributed by atoms with Crippen LogP contribution in [0.3, 0.4) is 0 Å². The maximum Gasteiger partial charge on any atom is 0.322 e. The first-order valence-corrected chi connectivity index (χ1v) is 9.35. The summed E-state index contributed by atoms with van der Waals surface area (Å²) in [6.45, 7) is 0.879. The van der Waals surface area contributed by atoms with Gasteiger partial charge in [0.05, 0.1) is 23.8 Å². The number of benzene rings is 1. The van der Waals surface area contributed by atoms with Gasteiger partial charge in [0.1, 0.15) is 11.9 Å². The van der Waals surface area contributed by atoms with E-state index >= 15 is 0 Å². The van der Waals surface area contributed by atoms with E-state index in [1.807, 2.05) is 17.5 Å². The van der Waals surface area contributed by atoms with Crippen LogP contribution in [0.4, 0.5) is 14.9 Å². The molecule has 140 valence electrons. The zero-order valence-corrected chi connectivity index (χ0v) is 15.5. The van der Waals surface area contributed by atoms with Crippen LogP contribution in [0.25, 0.3) is 10.7 Å². The second-order valence-electron chi connectivity index (χ2n) is 5.77. The number of nitrogens with zero attached hydrogens (tertiary/aromatic N) is 3. The predicted octanol–water partition coefficient (Wildman–Crippen LogP) is 4.20. The third kappa shape index (κ3) is 3.80. The molecular weight excluding hydrogens is 395 g/mol. The maximum atomic E-state index is 14.0. The summed E-state index contributed by atoms with van der Waals surface area (Å²) in [6, 6.07) is 6.77. The number of urea groups is 1. The molecule has 10 heteroatoms. The Balaban J connectivity index is 1.54. The molecule has 2 aromatic heterocycles. The fourth-order valence-electron chi connectivity index (χ4n) is 2.71. The van der Waals surface area contributed by atoms with Gasteiger partial charge >= 0.3 is 6.03 Å². The Labute approximate surface area is 162 Å². The van der Waals surface area contributed by atoms with Crippen LogP contribution >= 0.6 is 22.9 Å². The van der Waals surface area contributed by atoms with Crippen molar-refractivity contribution in [3.8, 4) is 10.7 Å². The molecule has 0 saturated carbocycles. The van der Waals surface area contributed by atoms with E-state index in [1.165, 1.54) is 28.4 Å². The number of carbonyl (C=O) groups excluding carboxylic acids is 1. The van der Waals surface area contributed by atoms with Gasteiger partial charge in [0.25, 0.3) is 5.89 Å². The lowest BCUT2D eigenvalue weighted by atomic mass is 10.2. The Morgan fingerprint density at radius 2 is 2.30 bits per heavy atom. The summed E-state index contributed by atoms with van der Waals surface area (Å²) in [6.07, 6.45) is 0. The second kappa shape index (κ2) is 7.63. The molecule has 27 heavy (non-hydrogen) atoms. The number of carbonyl (C=O) groups is 1. The number of aromatic nitrogens is 2. The number of anilines is 1. The van der Waals surface area contributed by atoms with E-state index < -0.39 is 17.9 Å². The fraction of sp³-hybridized carbons (Fsp3) is 0.235. The van der Waals surface area contributed by atoms with E-state index in [2.05, 4.69) is 15.5 Å². The van der Waals surface area contributed by atoms with E-state index in [9.17, 15) is 9.18 Å². The summed E-state index contributed by atoms with van der Waals surface area (Å²) in [5.74, 6) is 0.109. The molecule has 1 fully saturated rings. The van der Waals surface area contributed by atoms with Crippen molar-refractivity contribution in [1.82, 2.24) is 15.0 Å². The van der Waals surface area contributed by atoms with E-state index in [0.717, 1.165) is 10.9 Å². The SMILES string of the molecule is O=C(Nc1ccc(Cl)cc1F)N1CCOCC1c1nc(-c2cccs2)no1. The van der Waals surface area contributed by atoms with Crippen molar-refractivity contribution in [3.05, 3.63) is 52.4 Å². The number of morpholine rings is 1. The average Bonchev–Trinajstić information content (AvgIpc) is 3.35. The second-order valence-corrected chi connectivity index (χ2v) is 7.16. The van der Waals surface area contributed by atoms with Gasteiger partial charge in [-0.05, 0) is 29.6 Å². The molecule has 0 spiro atoms. The lowest BCUT2D eigenvalue weighted by Crippen LogP contribution is -2.45. The zero-order chi connectivity index (χ0) is 18.8. The highest BCUT2D eigenvalue weighted by molar-refractivity contribution is 7.13. The van der Waals surface area contributed by atoms with Gasteiger partial charge in [0.2, 0.25) is 5.82 Å². The lowest BCUT2D eigenvalue weighted by Gasteiger charge is -2.33. The quantitative estimate of drug-likeness (QED) is 0.702. The molecule has 1 saturated heterocycles. The minimum absolute atomic E-state index is 0.0412. The van der Waals surface area contributed by atoms with Gasteiger partial charge in [-0.25, -0.2) is 9.18 Å². The third-order valence-electron chi connectivity index (χ3n) is 4.03. The van der Waals surface area contributed by atoms with Gasteiger partial charge in [-0.1, -0.05) is 22.8 Å². The molecule has 7 nitrogen and oxygen atoms in total. The number of amides is 2. The van der Waals surface area contributed by atoms with Crippen LogP contribution in [0, 0.1) is 5.82 Å². The molecule has 1 aliphatic rings. The largest absolute Gasteiger partial charge is 0.377 e. The normalized spacial score (nSPS) is 17.1. The molecule has 3 aromatic rings. The molecule has 2 amide bonds. The fourth-order valence-corrected chi connectivity index (χ4v) is 3.51. The highest BCUT2D eigenvalue weighted by atomic mass is 35.5. The Morgan fingerprint density at radius 3 is 3.07 bits per heavy atom. The topological polar surface area (TPSA) is 80.5 Å². The van der Waals surface area contributed by atoms with Crippen molar-refractivity contribution in [2.75, 3.05) is 25.1 Å². The number of hydrogen-bond acceptors (Lipinski definition) is 6. The van der Waals surface area contributed by atoms with Crippen LogP contribution in [0.5, 0.6) is 0 Å². The Bertz CT molecular complexity index is 950. The van der Waals surface area contributed by atoms with Crippen molar-refractivity contribution >= 4 is 34.7 Å². The van der Waals surface area contributed by atoms with Crippen LogP contribution in [0.1, 0.15) is 11.9 Å². The summed E-state index contributed by atoms with van der Waals surface area (Å²) in [5, 5.41) is 8.69. The molecule has 1 atom stereocenters. The standard InChI is InChI=1S/C17H14ClFN4O3S/c18-10-3-4-12(11(19)8-10)20-17(24)23-5-6-25-9-13(23)16-21-15(22-26-16)14-2-1-7-27-14/h1-4,7-8,13H,5-6,9H2,(H,20,24). The lowest BCUT2D eigenvalue weighted by molar-refractivity contribution is 0.00347. The van der Waals surface area contributed by atoms with Gasteiger partial charge in [0.15, 0.2) is 0 Å². The van der Waals surface area contributed by atoms with Gasteiger partial charge in [-0.15, -0.1) is 11.3 Å². The van der Waals surface area contributed by atoms with E-state index in [4.69, 9.17) is 20.9 Å². The molecule has 1 unspecified atom stereocenters. The summed E-state index contributed by atoms with van der Waals surface area (Å²) >= 11 is 7.23. The van der Waals surface area contributed by atoms with Crippen LogP contribution in [-0.4, -0.2) is 40.8 Å². The molecule has 4 rings (SSSR count). The number of rotatable bonds is 3. The number of thiophene rings is 1. The first kappa shape index (κ1) is 17.9. The molecule has 3 heterocycles. The Morgan fingerprint density at radius 1 is 1.41 bits per heavy atom. The van der Waals surface area contributed by atoms with E-state index in [-0.39, 0.29) is 23.2 Å². The smallest absolute Gasteiger partial charge is 0.322 e. The zero-order valence-electron chi connectivity index (χ0n) is 13.9. The molecule has 1 aromatic carbocycles. The predicted molar refractivity (Wildman–Crippen MR) is 98.3 cm³/mol. The molecule has 1 N–H and O–H groups in total. The minimum atomic E-state index is -0.613. The van der Waals surface area contributed by atoms with Gasteiger partial charge in [-0.3, -0.25) is 0 Å². The van der Waals surface area contributed by atoms with E-state index in [0.29, 0.717) is 19.0 Å². The summed E-state index contributed by atoms with van der Waals surface area (Å²) in [4.78, 5) is 19.4. The summed E-state index contributed by atoms with van der Waals surface area (Å²) in [7, 11) is 0. The summed E-state index contributed by atoms with van der Waals surface area (Å²) < 4.78 is 24.8. The summed E-state index contributed by atoms with van der Waals surface area (Å²) in [5.41, 5.74) is 0.0412. The molecule has 1 aliphatic heterocycles. The average molecular weight is 409 g/mol. The monoisotopic (exact) mass is 408 g/mol.